The molecule has 4 N–H and O–H groups in total. The molecule has 0 saturated carbocycles. The van der Waals surface area contributed by atoms with Crippen molar-refractivity contribution in [1.29, 1.82) is 0 Å². The van der Waals surface area contributed by atoms with Crippen LogP contribution in [0.25, 0.3) is 5.65 Å². The van der Waals surface area contributed by atoms with Crippen molar-refractivity contribution in [2.24, 2.45) is 0 Å². The molecule has 0 bridgehead atoms. The van der Waals surface area contributed by atoms with Gasteiger partial charge in [0.2, 0.25) is 0 Å². The summed E-state index contributed by atoms with van der Waals surface area (Å²) in [4.78, 5) is 23.6. The molecule has 0 saturated heterocycles. The van der Waals surface area contributed by atoms with Gasteiger partial charge in [-0.15, -0.1) is 0 Å². The number of anilines is 1. The summed E-state index contributed by atoms with van der Waals surface area (Å²) in [5.41, 5.74) is 7.62. The first kappa shape index (κ1) is 22.0. The Bertz CT molecular complexity index is 767. The molecule has 0 aliphatic heterocycles. The lowest BCUT2D eigenvalue weighted by molar-refractivity contribution is -0.134. The van der Waals surface area contributed by atoms with Crippen molar-refractivity contribution in [2.75, 3.05) is 12.3 Å². The Labute approximate surface area is 158 Å². The number of fused-ring (bicyclic) bond motifs is 1. The van der Waals surface area contributed by atoms with Crippen molar-refractivity contribution >= 4 is 23.4 Å². The summed E-state index contributed by atoms with van der Waals surface area (Å²) in [6, 6.07) is 3.89. The van der Waals surface area contributed by atoms with Crippen molar-refractivity contribution in [1.82, 2.24) is 9.38 Å². The highest BCUT2D eigenvalue weighted by Gasteiger charge is 2.09. The standard InChI is InChI=1S/C15H23N3O.C4H4O4/c1-3-4-5-6-7-11-19-13-9-8-10-18-14(16)12(2)17-15(13)18;5-3(6)1-2-4(7)8/h8-10H,3-7,11,16H2,1-2H3;1-2H,(H,5,6)(H,7,8)/b;2-1+. The van der Waals surface area contributed by atoms with Gasteiger partial charge in [0.05, 0.1) is 12.3 Å². The summed E-state index contributed by atoms with van der Waals surface area (Å²) in [5, 5.41) is 15.6. The molecule has 0 spiro atoms. The van der Waals surface area contributed by atoms with Gasteiger partial charge in [0, 0.05) is 18.3 Å². The number of nitrogen functional groups attached to an aromatic ring is 1. The van der Waals surface area contributed by atoms with Crippen LogP contribution in [0.15, 0.2) is 30.5 Å². The molecule has 148 valence electrons. The van der Waals surface area contributed by atoms with E-state index in [1.807, 2.05) is 29.7 Å². The SMILES string of the molecule is CCCCCCCOc1cccn2c(N)c(C)nc12.O=C(O)/C=C/C(=O)O. The molecule has 2 rings (SSSR count). The Balaban J connectivity index is 0.000000387. The topological polar surface area (TPSA) is 127 Å². The monoisotopic (exact) mass is 377 g/mol. The van der Waals surface area contributed by atoms with Crippen molar-refractivity contribution < 1.29 is 24.5 Å². The second-order valence-electron chi connectivity index (χ2n) is 5.92. The minimum atomic E-state index is -1.26. The number of hydrogen-bond acceptors (Lipinski definition) is 5. The van der Waals surface area contributed by atoms with E-state index in [4.69, 9.17) is 20.7 Å². The number of aliphatic carboxylic acids is 2. The largest absolute Gasteiger partial charge is 0.490 e. The number of carboxylic acid groups (broad SMARTS) is 2. The number of nitrogens with two attached hydrogens (primary N) is 1. The Kier molecular flexibility index (Phi) is 9.42. The maximum atomic E-state index is 9.55. The number of ether oxygens (including phenoxy) is 1. The van der Waals surface area contributed by atoms with E-state index in [2.05, 4.69) is 11.9 Å². The highest BCUT2D eigenvalue weighted by atomic mass is 16.5. The van der Waals surface area contributed by atoms with Gasteiger partial charge in [0.1, 0.15) is 5.82 Å². The number of rotatable bonds is 9. The number of carbonyl (C=O) groups is 2. The van der Waals surface area contributed by atoms with Crippen LogP contribution in [0.5, 0.6) is 5.75 Å². The van der Waals surface area contributed by atoms with E-state index in [0.29, 0.717) is 18.0 Å². The van der Waals surface area contributed by atoms with Crippen LogP contribution in [0.2, 0.25) is 0 Å². The lowest BCUT2D eigenvalue weighted by atomic mass is 10.2. The van der Waals surface area contributed by atoms with Crippen LogP contribution in [0.4, 0.5) is 5.82 Å². The first-order valence-electron chi connectivity index (χ1n) is 8.86. The molecule has 0 fully saturated rings. The third-order valence-electron chi connectivity index (χ3n) is 3.71. The number of unbranched alkanes of at least 4 members (excludes halogenated alkanes) is 4. The Morgan fingerprint density at radius 1 is 1.19 bits per heavy atom. The van der Waals surface area contributed by atoms with Gasteiger partial charge in [0.25, 0.3) is 0 Å². The van der Waals surface area contributed by atoms with E-state index in [0.717, 1.165) is 30.1 Å². The summed E-state index contributed by atoms with van der Waals surface area (Å²) in [7, 11) is 0. The van der Waals surface area contributed by atoms with Gasteiger partial charge in [-0.25, -0.2) is 14.6 Å². The fourth-order valence-electron chi connectivity index (χ4n) is 2.32. The number of carboxylic acids is 2. The van der Waals surface area contributed by atoms with Crippen LogP contribution in [0.1, 0.15) is 44.7 Å². The van der Waals surface area contributed by atoms with Gasteiger partial charge in [-0.2, -0.15) is 0 Å². The number of hydrogen-bond donors (Lipinski definition) is 3. The summed E-state index contributed by atoms with van der Waals surface area (Å²) < 4.78 is 7.71. The van der Waals surface area contributed by atoms with Gasteiger partial charge >= 0.3 is 11.9 Å². The molecule has 8 nitrogen and oxygen atoms in total. The van der Waals surface area contributed by atoms with Gasteiger partial charge in [0.15, 0.2) is 11.4 Å². The Morgan fingerprint density at radius 2 is 1.81 bits per heavy atom. The number of aromatic nitrogens is 2. The summed E-state index contributed by atoms with van der Waals surface area (Å²) >= 11 is 0. The van der Waals surface area contributed by atoms with E-state index in [-0.39, 0.29) is 0 Å². The first-order valence-corrected chi connectivity index (χ1v) is 8.86. The molecule has 0 aliphatic rings. The number of pyridine rings is 1. The molecule has 0 radical (unpaired) electrons. The highest BCUT2D eigenvalue weighted by Crippen LogP contribution is 2.23. The third-order valence-corrected chi connectivity index (χ3v) is 3.71. The maximum absolute atomic E-state index is 9.55. The second kappa shape index (κ2) is 11.6. The quantitative estimate of drug-likeness (QED) is 0.452. The molecule has 2 aromatic rings. The minimum absolute atomic E-state index is 0.558. The van der Waals surface area contributed by atoms with E-state index in [1.54, 1.807) is 0 Å². The molecule has 0 aromatic carbocycles. The van der Waals surface area contributed by atoms with E-state index in [1.165, 1.54) is 25.7 Å². The van der Waals surface area contributed by atoms with Crippen molar-refractivity contribution in [3.63, 3.8) is 0 Å². The zero-order valence-corrected chi connectivity index (χ0v) is 15.7. The molecular formula is C19H27N3O5. The molecule has 0 aliphatic carbocycles. The predicted molar refractivity (Wildman–Crippen MR) is 103 cm³/mol. The Hall–Kier alpha value is -3.03. The van der Waals surface area contributed by atoms with Crippen LogP contribution in [-0.2, 0) is 9.59 Å². The van der Waals surface area contributed by atoms with Crippen LogP contribution in [-0.4, -0.2) is 38.1 Å². The maximum Gasteiger partial charge on any atom is 0.328 e. The smallest absolute Gasteiger partial charge is 0.328 e. The number of nitrogens with zero attached hydrogens (tertiary/aromatic N) is 2. The van der Waals surface area contributed by atoms with Crippen LogP contribution < -0.4 is 10.5 Å². The molecule has 27 heavy (non-hydrogen) atoms. The average molecular weight is 377 g/mol. The molecule has 0 atom stereocenters. The summed E-state index contributed by atoms with van der Waals surface area (Å²) in [5.74, 6) is -1.01. The zero-order valence-electron chi connectivity index (χ0n) is 15.7. The van der Waals surface area contributed by atoms with Gasteiger partial charge in [-0.05, 0) is 25.5 Å². The zero-order chi connectivity index (χ0) is 20.2. The summed E-state index contributed by atoms with van der Waals surface area (Å²) in [6.45, 7) is 4.88. The van der Waals surface area contributed by atoms with E-state index in [9.17, 15) is 9.59 Å². The molecule has 0 amide bonds. The van der Waals surface area contributed by atoms with Gasteiger partial charge in [-0.3, -0.25) is 4.40 Å². The van der Waals surface area contributed by atoms with Crippen LogP contribution >= 0.6 is 0 Å². The predicted octanol–water partition coefficient (Wildman–Crippen LogP) is 3.29. The summed E-state index contributed by atoms with van der Waals surface area (Å²) in [6.07, 6.45) is 9.23. The molecule has 0 unspecified atom stereocenters. The van der Waals surface area contributed by atoms with Gasteiger partial charge < -0.3 is 20.7 Å². The van der Waals surface area contributed by atoms with Crippen molar-refractivity contribution in [3.05, 3.63) is 36.2 Å². The van der Waals surface area contributed by atoms with Crippen molar-refractivity contribution in [2.45, 2.75) is 46.0 Å². The van der Waals surface area contributed by atoms with Gasteiger partial charge in [-0.1, -0.05) is 32.6 Å². The Morgan fingerprint density at radius 3 is 2.41 bits per heavy atom. The highest BCUT2D eigenvalue weighted by molar-refractivity contribution is 5.89. The third kappa shape index (κ3) is 7.81. The van der Waals surface area contributed by atoms with Crippen molar-refractivity contribution in [3.8, 4) is 5.75 Å². The second-order valence-corrected chi connectivity index (χ2v) is 5.92. The molecule has 2 heterocycles. The lowest BCUT2D eigenvalue weighted by Gasteiger charge is -2.07. The normalized spacial score (nSPS) is 10.6. The lowest BCUT2D eigenvalue weighted by Crippen LogP contribution is -2.00. The van der Waals surface area contributed by atoms with Crippen LogP contribution in [0.3, 0.4) is 0 Å². The van der Waals surface area contributed by atoms with Crippen LogP contribution in [0, 0.1) is 6.92 Å². The number of imidazole rings is 1. The molecule has 2 aromatic heterocycles. The molecule has 8 heteroatoms. The fraction of sp³-hybridized carbons (Fsp3) is 0.421. The fourth-order valence-corrected chi connectivity index (χ4v) is 2.32. The average Bonchev–Trinajstić information content (AvgIpc) is 2.92. The van der Waals surface area contributed by atoms with E-state index < -0.39 is 11.9 Å². The van der Waals surface area contributed by atoms with E-state index >= 15 is 0 Å². The minimum Gasteiger partial charge on any atom is -0.490 e. The first-order chi connectivity index (χ1) is 12.9. The number of aryl methyl sites for hydroxylation is 1. The molecular weight excluding hydrogens is 350 g/mol.